The van der Waals surface area contributed by atoms with Crippen LogP contribution in [-0.4, -0.2) is 56.7 Å². The van der Waals surface area contributed by atoms with Gasteiger partial charge in [0.1, 0.15) is 0 Å². The number of amides is 2. The van der Waals surface area contributed by atoms with Gasteiger partial charge in [-0.15, -0.1) is 14.8 Å². The van der Waals surface area contributed by atoms with E-state index in [1.165, 1.54) is 4.63 Å². The highest BCUT2D eigenvalue weighted by Gasteiger charge is 2.30. The molecule has 3 heterocycles. The molecule has 10 heteroatoms. The van der Waals surface area contributed by atoms with Gasteiger partial charge in [0.25, 0.3) is 0 Å². The fraction of sp³-hybridized carbons (Fsp3) is 0.294. The monoisotopic (exact) mass is 366 g/mol. The Balaban J connectivity index is 1.60. The predicted octanol–water partition coefficient (Wildman–Crippen LogP) is 0.719. The lowest BCUT2D eigenvalue weighted by molar-refractivity contribution is -0.118. The number of nitrogens with zero attached hydrogens (tertiary/aromatic N) is 7. The molecule has 1 aromatic carbocycles. The summed E-state index contributed by atoms with van der Waals surface area (Å²) in [7, 11) is 1.77. The van der Waals surface area contributed by atoms with Crippen molar-refractivity contribution in [3.63, 3.8) is 0 Å². The van der Waals surface area contributed by atoms with Crippen LogP contribution in [0.2, 0.25) is 0 Å². The number of tetrazole rings is 1. The highest BCUT2D eigenvalue weighted by Crippen LogP contribution is 2.31. The molecule has 0 bridgehead atoms. The van der Waals surface area contributed by atoms with Crippen LogP contribution in [0.3, 0.4) is 0 Å². The number of hydrogen-bond donors (Lipinski definition) is 1. The van der Waals surface area contributed by atoms with Gasteiger partial charge in [-0.2, -0.15) is 0 Å². The second kappa shape index (κ2) is 6.63. The van der Waals surface area contributed by atoms with Crippen molar-refractivity contribution in [3.05, 3.63) is 36.4 Å². The standard InChI is InChI=1S/C17H18N8O2/c1-11-9-16(26)18-12-5-3-4-6-13(12)24(11)17(27)10-23(2)15-8-7-14-19-21-22-25(14)20-15/h3-8,11H,9-10H2,1-2H3,(H,18,26). The molecule has 0 spiro atoms. The van der Waals surface area contributed by atoms with Crippen LogP contribution in [0.4, 0.5) is 17.2 Å². The van der Waals surface area contributed by atoms with Crippen molar-refractivity contribution >= 4 is 34.7 Å². The van der Waals surface area contributed by atoms with Crippen LogP contribution in [0.1, 0.15) is 13.3 Å². The molecule has 1 N–H and O–H groups in total. The number of carbonyl (C=O) groups excluding carboxylic acids is 2. The molecule has 0 saturated carbocycles. The average Bonchev–Trinajstić information content (AvgIpc) is 3.05. The van der Waals surface area contributed by atoms with Crippen LogP contribution < -0.4 is 15.1 Å². The molecule has 27 heavy (non-hydrogen) atoms. The van der Waals surface area contributed by atoms with Crippen LogP contribution in [-0.2, 0) is 9.59 Å². The smallest absolute Gasteiger partial charge is 0.246 e. The lowest BCUT2D eigenvalue weighted by Crippen LogP contribution is -2.44. The third-order valence-corrected chi connectivity index (χ3v) is 4.45. The van der Waals surface area contributed by atoms with Gasteiger partial charge in [-0.05, 0) is 41.6 Å². The summed E-state index contributed by atoms with van der Waals surface area (Å²) in [5.41, 5.74) is 1.85. The summed E-state index contributed by atoms with van der Waals surface area (Å²) in [6.45, 7) is 1.96. The van der Waals surface area contributed by atoms with Crippen LogP contribution in [0.15, 0.2) is 36.4 Å². The quantitative estimate of drug-likeness (QED) is 0.727. The summed E-state index contributed by atoms with van der Waals surface area (Å²) < 4.78 is 1.31. The maximum Gasteiger partial charge on any atom is 0.246 e. The van der Waals surface area contributed by atoms with Gasteiger partial charge in [0.05, 0.1) is 17.9 Å². The number of nitrogens with one attached hydrogen (secondary N) is 1. The van der Waals surface area contributed by atoms with E-state index in [2.05, 4.69) is 25.9 Å². The fourth-order valence-corrected chi connectivity index (χ4v) is 3.17. The molecule has 1 atom stereocenters. The lowest BCUT2D eigenvalue weighted by atomic mass is 10.1. The molecule has 2 amide bonds. The van der Waals surface area contributed by atoms with E-state index >= 15 is 0 Å². The Morgan fingerprint density at radius 3 is 2.96 bits per heavy atom. The topological polar surface area (TPSA) is 109 Å². The van der Waals surface area contributed by atoms with Gasteiger partial charge in [-0.1, -0.05) is 12.1 Å². The van der Waals surface area contributed by atoms with Crippen molar-refractivity contribution in [2.75, 3.05) is 28.7 Å². The number of likely N-dealkylation sites (N-methyl/N-ethyl adjacent to an activating group) is 1. The van der Waals surface area contributed by atoms with E-state index < -0.39 is 0 Å². The molecule has 138 valence electrons. The van der Waals surface area contributed by atoms with Crippen molar-refractivity contribution in [1.82, 2.24) is 25.3 Å². The summed E-state index contributed by atoms with van der Waals surface area (Å²) in [6, 6.07) is 10.5. The minimum atomic E-state index is -0.260. The van der Waals surface area contributed by atoms with Crippen LogP contribution >= 0.6 is 0 Å². The Bertz CT molecular complexity index is 1020. The van der Waals surface area contributed by atoms with Gasteiger partial charge in [0.2, 0.25) is 11.8 Å². The van der Waals surface area contributed by atoms with E-state index in [0.29, 0.717) is 22.8 Å². The Kier molecular flexibility index (Phi) is 4.15. The molecule has 0 saturated heterocycles. The van der Waals surface area contributed by atoms with Gasteiger partial charge >= 0.3 is 0 Å². The van der Waals surface area contributed by atoms with Crippen molar-refractivity contribution in [2.24, 2.45) is 0 Å². The molecular weight excluding hydrogens is 348 g/mol. The molecule has 2 aromatic heterocycles. The number of aromatic nitrogens is 5. The second-order valence-corrected chi connectivity index (χ2v) is 6.46. The molecule has 3 aromatic rings. The minimum Gasteiger partial charge on any atom is -0.349 e. The first-order chi connectivity index (χ1) is 13.0. The number of benzene rings is 1. The van der Waals surface area contributed by atoms with Crippen molar-refractivity contribution < 1.29 is 9.59 Å². The summed E-state index contributed by atoms with van der Waals surface area (Å²) >= 11 is 0. The number of rotatable bonds is 3. The summed E-state index contributed by atoms with van der Waals surface area (Å²) in [5, 5.41) is 18.3. The second-order valence-electron chi connectivity index (χ2n) is 6.46. The SMILES string of the molecule is CC1CC(=O)Nc2ccccc2N1C(=O)CN(C)c1ccc2nnnn2n1. The maximum atomic E-state index is 13.1. The van der Waals surface area contributed by atoms with E-state index in [9.17, 15) is 9.59 Å². The molecule has 10 nitrogen and oxygen atoms in total. The summed E-state index contributed by atoms with van der Waals surface area (Å²) in [6.07, 6.45) is 0.235. The predicted molar refractivity (Wildman–Crippen MR) is 98.5 cm³/mol. The van der Waals surface area contributed by atoms with Gasteiger partial charge in [-0.3, -0.25) is 9.59 Å². The van der Waals surface area contributed by atoms with Crippen LogP contribution in [0.5, 0.6) is 0 Å². The third-order valence-electron chi connectivity index (χ3n) is 4.45. The number of anilines is 3. The number of fused-ring (bicyclic) bond motifs is 2. The van der Waals surface area contributed by atoms with Crippen molar-refractivity contribution in [2.45, 2.75) is 19.4 Å². The first-order valence-corrected chi connectivity index (χ1v) is 8.50. The fourth-order valence-electron chi connectivity index (χ4n) is 3.17. The van der Waals surface area contributed by atoms with Gasteiger partial charge in [0.15, 0.2) is 11.5 Å². The average molecular weight is 366 g/mol. The zero-order valence-corrected chi connectivity index (χ0v) is 14.9. The maximum absolute atomic E-state index is 13.1. The van der Waals surface area contributed by atoms with E-state index in [1.54, 1.807) is 35.0 Å². The van der Waals surface area contributed by atoms with E-state index in [0.717, 1.165) is 0 Å². The van der Waals surface area contributed by atoms with E-state index in [1.807, 2.05) is 25.1 Å². The molecular formula is C17H18N8O2. The molecule has 0 aliphatic carbocycles. The Morgan fingerprint density at radius 1 is 1.30 bits per heavy atom. The first-order valence-electron chi connectivity index (χ1n) is 8.50. The number of carbonyl (C=O) groups is 2. The summed E-state index contributed by atoms with van der Waals surface area (Å²) in [4.78, 5) is 28.6. The number of hydrogen-bond acceptors (Lipinski definition) is 7. The van der Waals surface area contributed by atoms with Crippen LogP contribution in [0, 0.1) is 0 Å². The Morgan fingerprint density at radius 2 is 2.11 bits per heavy atom. The molecule has 4 rings (SSSR count). The third kappa shape index (κ3) is 3.16. The van der Waals surface area contributed by atoms with E-state index in [-0.39, 0.29) is 30.8 Å². The highest BCUT2D eigenvalue weighted by atomic mass is 16.2. The largest absolute Gasteiger partial charge is 0.349 e. The van der Waals surface area contributed by atoms with Gasteiger partial charge < -0.3 is 15.1 Å². The molecule has 0 fully saturated rings. The minimum absolute atomic E-state index is 0.0908. The molecule has 0 radical (unpaired) electrons. The normalized spacial score (nSPS) is 16.6. The van der Waals surface area contributed by atoms with Gasteiger partial charge in [-0.25, -0.2) is 0 Å². The zero-order valence-electron chi connectivity index (χ0n) is 14.9. The highest BCUT2D eigenvalue weighted by molar-refractivity contribution is 6.05. The number of para-hydroxylation sites is 2. The lowest BCUT2D eigenvalue weighted by Gasteiger charge is -2.30. The Hall–Kier alpha value is -3.56. The Labute approximate surface area is 154 Å². The van der Waals surface area contributed by atoms with E-state index in [4.69, 9.17) is 0 Å². The van der Waals surface area contributed by atoms with Gasteiger partial charge in [0, 0.05) is 19.5 Å². The zero-order chi connectivity index (χ0) is 19.0. The summed E-state index contributed by atoms with van der Waals surface area (Å²) in [5.74, 6) is 0.324. The molecule has 1 unspecified atom stereocenters. The van der Waals surface area contributed by atoms with Crippen molar-refractivity contribution in [3.8, 4) is 0 Å². The molecule has 1 aliphatic heterocycles. The van der Waals surface area contributed by atoms with Crippen molar-refractivity contribution in [1.29, 1.82) is 0 Å². The molecule has 1 aliphatic rings. The van der Waals surface area contributed by atoms with Crippen LogP contribution in [0.25, 0.3) is 5.65 Å². The first kappa shape index (κ1) is 16.9.